The fourth-order valence-electron chi connectivity index (χ4n) is 6.03. The van der Waals surface area contributed by atoms with Crippen LogP contribution in [0.2, 0.25) is 0 Å². The number of nitrogens with zero attached hydrogens (tertiary/aromatic N) is 6. The van der Waals surface area contributed by atoms with Crippen LogP contribution in [0.25, 0.3) is 87.9 Å². The lowest BCUT2D eigenvalue weighted by atomic mass is 9.98. The molecule has 0 saturated heterocycles. The van der Waals surface area contributed by atoms with Gasteiger partial charge in [-0.15, -0.1) is 11.3 Å². The van der Waals surface area contributed by atoms with Crippen LogP contribution in [0.1, 0.15) is 0 Å². The zero-order valence-electron chi connectivity index (χ0n) is 24.9. The molecule has 0 fully saturated rings. The molecule has 0 bridgehead atoms. The second-order valence-corrected chi connectivity index (χ2v) is 12.2. The quantitative estimate of drug-likeness (QED) is 0.191. The topological polar surface area (TPSA) is 77.3 Å². The van der Waals surface area contributed by atoms with E-state index in [0.717, 1.165) is 60.3 Å². The van der Waals surface area contributed by atoms with E-state index in [9.17, 15) is 0 Å². The van der Waals surface area contributed by atoms with Gasteiger partial charge in [0, 0.05) is 43.1 Å². The van der Waals surface area contributed by atoms with Gasteiger partial charge in [0.1, 0.15) is 11.2 Å². The van der Waals surface area contributed by atoms with E-state index in [1.165, 1.54) is 10.1 Å². The van der Waals surface area contributed by atoms with Crippen LogP contribution >= 0.6 is 11.3 Å². The first-order valence-electron chi connectivity index (χ1n) is 15.3. The smallest absolute Gasteiger partial charge is 0.164 e. The Balaban J connectivity index is 1.16. The highest BCUT2D eigenvalue weighted by atomic mass is 32.1. The second-order valence-electron chi connectivity index (χ2n) is 11.2. The van der Waals surface area contributed by atoms with Crippen molar-refractivity contribution in [3.8, 4) is 56.7 Å². The van der Waals surface area contributed by atoms with Crippen LogP contribution in [0.3, 0.4) is 0 Å². The van der Waals surface area contributed by atoms with Crippen LogP contribution in [0.15, 0.2) is 146 Å². The summed E-state index contributed by atoms with van der Waals surface area (Å²) in [6.45, 7) is 0. The molecule has 0 aliphatic carbocycles. The third-order valence-corrected chi connectivity index (χ3v) is 9.36. The van der Waals surface area contributed by atoms with Gasteiger partial charge in [-0.2, -0.15) is 0 Å². The lowest BCUT2D eigenvalue weighted by Gasteiger charge is -2.11. The van der Waals surface area contributed by atoms with Gasteiger partial charge in [-0.05, 0) is 29.8 Å². The summed E-state index contributed by atoms with van der Waals surface area (Å²) >= 11 is 1.70. The Bertz CT molecular complexity index is 2520. The number of aromatic nitrogens is 6. The van der Waals surface area contributed by atoms with Gasteiger partial charge in [-0.3, -0.25) is 0 Å². The number of pyridine rings is 1. The van der Waals surface area contributed by atoms with Crippen molar-refractivity contribution in [1.29, 1.82) is 0 Å². The van der Waals surface area contributed by atoms with E-state index in [2.05, 4.69) is 66.7 Å². The van der Waals surface area contributed by atoms with Crippen molar-refractivity contribution < 1.29 is 0 Å². The summed E-state index contributed by atoms with van der Waals surface area (Å²) in [5, 5.41) is 3.34. The van der Waals surface area contributed by atoms with Gasteiger partial charge in [-0.25, -0.2) is 29.9 Å². The number of hydrogen-bond donors (Lipinski definition) is 0. The van der Waals surface area contributed by atoms with E-state index in [4.69, 9.17) is 29.9 Å². The summed E-state index contributed by atoms with van der Waals surface area (Å²) in [7, 11) is 0. The molecule has 47 heavy (non-hydrogen) atoms. The number of rotatable bonds is 5. The van der Waals surface area contributed by atoms with Crippen LogP contribution in [-0.4, -0.2) is 29.9 Å². The first kappa shape index (κ1) is 27.2. The average molecular weight is 621 g/mol. The summed E-state index contributed by atoms with van der Waals surface area (Å²) in [4.78, 5) is 30.3. The molecule has 0 unspecified atom stereocenters. The van der Waals surface area contributed by atoms with Gasteiger partial charge < -0.3 is 0 Å². The molecule has 0 atom stereocenters. The Labute approximate surface area is 274 Å². The van der Waals surface area contributed by atoms with Gasteiger partial charge in [0.2, 0.25) is 0 Å². The summed E-state index contributed by atoms with van der Waals surface area (Å²) in [5.74, 6) is 1.87. The van der Waals surface area contributed by atoms with Crippen LogP contribution in [-0.2, 0) is 0 Å². The summed E-state index contributed by atoms with van der Waals surface area (Å²) in [6.07, 6.45) is 1.63. The van der Waals surface area contributed by atoms with Gasteiger partial charge in [0.15, 0.2) is 17.5 Å². The number of hydrogen-bond acceptors (Lipinski definition) is 7. The molecule has 7 heteroatoms. The Hall–Kier alpha value is -6.18. The Morgan fingerprint density at radius 3 is 1.81 bits per heavy atom. The van der Waals surface area contributed by atoms with Crippen molar-refractivity contribution in [2.45, 2.75) is 0 Å². The summed E-state index contributed by atoms with van der Waals surface area (Å²) in [6, 6.07) is 47.2. The van der Waals surface area contributed by atoms with Crippen molar-refractivity contribution in [2.75, 3.05) is 0 Å². The average Bonchev–Trinajstić information content (AvgIpc) is 3.53. The number of para-hydroxylation sites is 1. The van der Waals surface area contributed by atoms with E-state index in [-0.39, 0.29) is 0 Å². The zero-order valence-corrected chi connectivity index (χ0v) is 25.8. The number of benzene rings is 5. The van der Waals surface area contributed by atoms with E-state index in [1.807, 2.05) is 72.8 Å². The number of fused-ring (bicyclic) bond motifs is 4. The molecule has 0 saturated carbocycles. The molecule has 9 aromatic rings. The lowest BCUT2D eigenvalue weighted by molar-refractivity contribution is 1.07. The molecule has 6 nitrogen and oxygen atoms in total. The molecule has 0 N–H and O–H groups in total. The zero-order chi connectivity index (χ0) is 31.2. The molecule has 0 spiro atoms. The third kappa shape index (κ3) is 4.90. The summed E-state index contributed by atoms with van der Waals surface area (Å²) < 4.78 is 1.23. The minimum absolute atomic E-state index is 0.607. The van der Waals surface area contributed by atoms with E-state index in [1.54, 1.807) is 17.7 Å². The van der Waals surface area contributed by atoms with Crippen LogP contribution in [0, 0.1) is 0 Å². The molecule has 5 aromatic carbocycles. The molecule has 9 rings (SSSR count). The molecule has 0 amide bonds. The highest BCUT2D eigenvalue weighted by molar-refractivity contribution is 7.25. The van der Waals surface area contributed by atoms with Gasteiger partial charge in [0.05, 0.1) is 16.9 Å². The maximum Gasteiger partial charge on any atom is 0.164 e. The largest absolute Gasteiger partial charge is 0.236 e. The normalized spacial score (nSPS) is 11.4. The van der Waals surface area contributed by atoms with Gasteiger partial charge in [-0.1, -0.05) is 115 Å². The monoisotopic (exact) mass is 620 g/mol. The van der Waals surface area contributed by atoms with Gasteiger partial charge >= 0.3 is 0 Å². The first-order valence-corrected chi connectivity index (χ1v) is 16.1. The Kier molecular flexibility index (Phi) is 6.54. The highest BCUT2D eigenvalue weighted by Gasteiger charge is 2.16. The fraction of sp³-hybridized carbons (Fsp3) is 0. The Morgan fingerprint density at radius 2 is 1.04 bits per heavy atom. The standard InChI is InChI=1S/C40H24N6S/c1-3-11-25(12-4-1)37-44-38(26-13-5-2-6-14-26)46-39(45-37)28-16-9-15-27(23-28)29-18-10-19-32-35(29)41-24-42-36(32)33-22-21-31-30-17-7-8-20-34(30)47-40(31)43-33/h1-24H. The van der Waals surface area contributed by atoms with E-state index >= 15 is 0 Å². The summed E-state index contributed by atoms with van der Waals surface area (Å²) in [5.41, 5.74) is 7.26. The first-order chi connectivity index (χ1) is 23.3. The maximum absolute atomic E-state index is 5.06. The van der Waals surface area contributed by atoms with E-state index in [0.29, 0.717) is 17.5 Å². The molecule has 220 valence electrons. The molecule has 4 heterocycles. The van der Waals surface area contributed by atoms with Crippen molar-refractivity contribution in [2.24, 2.45) is 0 Å². The van der Waals surface area contributed by atoms with E-state index < -0.39 is 0 Å². The lowest BCUT2D eigenvalue weighted by Crippen LogP contribution is -2.00. The fourth-order valence-corrected chi connectivity index (χ4v) is 7.10. The molecule has 0 aliphatic rings. The predicted molar refractivity (Wildman–Crippen MR) is 191 cm³/mol. The van der Waals surface area contributed by atoms with Crippen LogP contribution in [0.5, 0.6) is 0 Å². The predicted octanol–water partition coefficient (Wildman–Crippen LogP) is 9.91. The number of thiophene rings is 1. The molecule has 0 aliphatic heterocycles. The molecule has 0 radical (unpaired) electrons. The molecular formula is C40H24N6S. The SMILES string of the molecule is c1ccc(-c2nc(-c3ccccc3)nc(-c3cccc(-c4cccc5c(-c6ccc7c(n6)sc6ccccc67)ncnc45)c3)n2)cc1. The van der Waals surface area contributed by atoms with Crippen LogP contribution in [0.4, 0.5) is 0 Å². The minimum Gasteiger partial charge on any atom is -0.236 e. The Morgan fingerprint density at radius 1 is 0.426 bits per heavy atom. The third-order valence-electron chi connectivity index (χ3n) is 8.28. The minimum atomic E-state index is 0.607. The molecular weight excluding hydrogens is 597 g/mol. The second kappa shape index (κ2) is 11.3. The van der Waals surface area contributed by atoms with Crippen molar-refractivity contribution in [3.63, 3.8) is 0 Å². The highest BCUT2D eigenvalue weighted by Crippen LogP contribution is 2.37. The van der Waals surface area contributed by atoms with Crippen molar-refractivity contribution >= 4 is 42.5 Å². The molecule has 4 aromatic heterocycles. The maximum atomic E-state index is 5.06. The van der Waals surface area contributed by atoms with Crippen LogP contribution < -0.4 is 0 Å². The van der Waals surface area contributed by atoms with Gasteiger partial charge in [0.25, 0.3) is 0 Å². The van der Waals surface area contributed by atoms with Crippen molar-refractivity contribution in [1.82, 2.24) is 29.9 Å². The van der Waals surface area contributed by atoms with Crippen molar-refractivity contribution in [3.05, 3.63) is 146 Å².